The van der Waals surface area contributed by atoms with Gasteiger partial charge in [0.25, 0.3) is 5.56 Å². The summed E-state index contributed by atoms with van der Waals surface area (Å²) in [6.45, 7) is 0. The van der Waals surface area contributed by atoms with E-state index in [1.807, 2.05) is 0 Å². The summed E-state index contributed by atoms with van der Waals surface area (Å²) in [5.74, 6) is -2.87. The maximum absolute atomic E-state index is 13.0. The SMILES string of the molecule is O=C(Nc1cccc(-c2nc(C(=O)O)c(O)c(=O)[nH]2)c1)Nc1ccc(Cl)c(C(F)(F)F)c1. The number of carbonyl (C=O) groups is 2. The fourth-order valence-electron chi connectivity index (χ4n) is 2.61. The van der Waals surface area contributed by atoms with Crippen molar-refractivity contribution < 1.29 is 33.0 Å². The molecule has 9 nitrogen and oxygen atoms in total. The number of rotatable bonds is 4. The molecule has 1 aromatic heterocycles. The average molecular weight is 469 g/mol. The zero-order chi connectivity index (χ0) is 23.6. The Hall–Kier alpha value is -4.06. The highest BCUT2D eigenvalue weighted by Gasteiger charge is 2.33. The average Bonchev–Trinajstić information content (AvgIpc) is 2.70. The number of carboxylic acid groups (broad SMARTS) is 1. The third-order valence-electron chi connectivity index (χ3n) is 4.02. The van der Waals surface area contributed by atoms with Gasteiger partial charge in [-0.2, -0.15) is 13.2 Å². The summed E-state index contributed by atoms with van der Waals surface area (Å²) in [7, 11) is 0. The maximum Gasteiger partial charge on any atom is 0.417 e. The van der Waals surface area contributed by atoms with Crippen molar-refractivity contribution in [3.63, 3.8) is 0 Å². The zero-order valence-corrected chi connectivity index (χ0v) is 16.4. The molecule has 2 aromatic carbocycles. The quantitative estimate of drug-likeness (QED) is 0.389. The molecule has 0 bridgehead atoms. The van der Waals surface area contributed by atoms with E-state index >= 15 is 0 Å². The second-order valence-corrected chi connectivity index (χ2v) is 6.68. The molecule has 0 aliphatic heterocycles. The summed E-state index contributed by atoms with van der Waals surface area (Å²) in [4.78, 5) is 41.0. The van der Waals surface area contributed by atoms with Crippen LogP contribution in [0.15, 0.2) is 47.3 Å². The van der Waals surface area contributed by atoms with Gasteiger partial charge in [-0.25, -0.2) is 14.6 Å². The van der Waals surface area contributed by atoms with Gasteiger partial charge in [-0.05, 0) is 30.3 Å². The van der Waals surface area contributed by atoms with Crippen LogP contribution >= 0.6 is 11.6 Å². The minimum atomic E-state index is -4.71. The van der Waals surface area contributed by atoms with E-state index in [-0.39, 0.29) is 22.8 Å². The highest BCUT2D eigenvalue weighted by atomic mass is 35.5. The number of aromatic hydroxyl groups is 1. The molecule has 0 aliphatic rings. The molecule has 3 aromatic rings. The molecule has 0 saturated heterocycles. The fraction of sp³-hybridized carbons (Fsp3) is 0.0526. The summed E-state index contributed by atoms with van der Waals surface area (Å²) in [5.41, 5.74) is -2.87. The van der Waals surface area contributed by atoms with E-state index in [4.69, 9.17) is 16.7 Å². The molecule has 0 fully saturated rings. The summed E-state index contributed by atoms with van der Waals surface area (Å²) < 4.78 is 38.9. The number of aromatic amines is 1. The second-order valence-electron chi connectivity index (χ2n) is 6.27. The lowest BCUT2D eigenvalue weighted by atomic mass is 10.2. The van der Waals surface area contributed by atoms with E-state index in [9.17, 15) is 32.7 Å². The number of alkyl halides is 3. The molecule has 32 heavy (non-hydrogen) atoms. The van der Waals surface area contributed by atoms with Gasteiger partial charge in [0.2, 0.25) is 5.75 Å². The Morgan fingerprint density at radius 3 is 2.34 bits per heavy atom. The number of nitrogens with one attached hydrogen (secondary N) is 3. The number of halogens is 4. The van der Waals surface area contributed by atoms with Gasteiger partial charge in [0.15, 0.2) is 5.69 Å². The first kappa shape index (κ1) is 22.6. The normalized spacial score (nSPS) is 11.1. The number of benzene rings is 2. The molecule has 0 radical (unpaired) electrons. The van der Waals surface area contributed by atoms with Crippen LogP contribution in [0.25, 0.3) is 11.4 Å². The van der Waals surface area contributed by atoms with Gasteiger partial charge in [0.1, 0.15) is 5.82 Å². The first-order chi connectivity index (χ1) is 15.0. The molecule has 0 spiro atoms. The molecule has 3 rings (SSSR count). The highest BCUT2D eigenvalue weighted by Crippen LogP contribution is 2.36. The summed E-state index contributed by atoms with van der Waals surface area (Å²) in [6.07, 6.45) is -4.71. The Morgan fingerprint density at radius 2 is 1.72 bits per heavy atom. The third-order valence-corrected chi connectivity index (χ3v) is 4.35. The smallest absolute Gasteiger partial charge is 0.417 e. The van der Waals surface area contributed by atoms with E-state index < -0.39 is 45.8 Å². The van der Waals surface area contributed by atoms with Crippen LogP contribution in [0.2, 0.25) is 5.02 Å². The van der Waals surface area contributed by atoms with Crippen molar-refractivity contribution >= 4 is 35.0 Å². The maximum atomic E-state index is 13.0. The Bertz CT molecular complexity index is 1280. The van der Waals surface area contributed by atoms with Crippen molar-refractivity contribution in [2.45, 2.75) is 6.18 Å². The molecular formula is C19H12ClF3N4O5. The number of nitrogens with zero attached hydrogens (tertiary/aromatic N) is 1. The standard InChI is InChI=1S/C19H12ClF3N4O5/c20-12-5-4-10(7-11(12)19(21,22)23)25-18(32)24-9-3-1-2-8(6-9)15-26-13(17(30)31)14(28)16(29)27-15/h1-7,28H,(H,30,31)(H2,24,25,32)(H,26,27,29). The molecule has 1 heterocycles. The monoisotopic (exact) mass is 468 g/mol. The van der Waals surface area contributed by atoms with Gasteiger partial charge in [0.05, 0.1) is 10.6 Å². The highest BCUT2D eigenvalue weighted by molar-refractivity contribution is 6.31. The fourth-order valence-corrected chi connectivity index (χ4v) is 2.84. The number of amides is 2. The number of carbonyl (C=O) groups excluding carboxylic acids is 1. The molecule has 166 valence electrons. The number of hydrogen-bond donors (Lipinski definition) is 5. The van der Waals surface area contributed by atoms with E-state index in [0.717, 1.165) is 6.07 Å². The van der Waals surface area contributed by atoms with Crippen molar-refractivity contribution in [1.29, 1.82) is 0 Å². The molecule has 2 amide bonds. The van der Waals surface area contributed by atoms with E-state index in [1.165, 1.54) is 30.3 Å². The van der Waals surface area contributed by atoms with Crippen LogP contribution in [0, 0.1) is 0 Å². The second kappa shape index (κ2) is 8.59. The lowest BCUT2D eigenvalue weighted by Crippen LogP contribution is -2.20. The van der Waals surface area contributed by atoms with Crippen molar-refractivity contribution in [3.8, 4) is 17.1 Å². The summed E-state index contributed by atoms with van der Waals surface area (Å²) >= 11 is 5.54. The van der Waals surface area contributed by atoms with Crippen molar-refractivity contribution in [3.05, 3.63) is 69.1 Å². The molecule has 13 heteroatoms. The largest absolute Gasteiger partial charge is 0.501 e. The van der Waals surface area contributed by atoms with Gasteiger partial charge in [-0.3, -0.25) is 4.79 Å². The Labute approximate surface area is 181 Å². The summed E-state index contributed by atoms with van der Waals surface area (Å²) in [6, 6.07) is 7.63. The number of aromatic nitrogens is 2. The number of anilines is 2. The van der Waals surface area contributed by atoms with Gasteiger partial charge in [-0.15, -0.1) is 0 Å². The molecule has 5 N–H and O–H groups in total. The van der Waals surface area contributed by atoms with Crippen LogP contribution in [0.3, 0.4) is 0 Å². The Kier molecular flexibility index (Phi) is 6.07. The molecular weight excluding hydrogens is 457 g/mol. The minimum absolute atomic E-state index is 0.151. The summed E-state index contributed by atoms with van der Waals surface area (Å²) in [5, 5.41) is 22.7. The lowest BCUT2D eigenvalue weighted by Gasteiger charge is -2.13. The van der Waals surface area contributed by atoms with Gasteiger partial charge >= 0.3 is 18.2 Å². The van der Waals surface area contributed by atoms with Crippen LogP contribution in [-0.2, 0) is 6.18 Å². The van der Waals surface area contributed by atoms with Crippen molar-refractivity contribution in [2.75, 3.05) is 10.6 Å². The third kappa shape index (κ3) is 4.98. The number of H-pyrrole nitrogens is 1. The van der Waals surface area contributed by atoms with Gasteiger partial charge < -0.3 is 25.8 Å². The van der Waals surface area contributed by atoms with Crippen molar-refractivity contribution in [1.82, 2.24) is 9.97 Å². The molecule has 0 atom stereocenters. The van der Waals surface area contributed by atoms with E-state index in [0.29, 0.717) is 6.07 Å². The minimum Gasteiger partial charge on any atom is -0.501 e. The number of hydrogen-bond acceptors (Lipinski definition) is 5. The topological polar surface area (TPSA) is 144 Å². The number of urea groups is 1. The molecule has 0 saturated carbocycles. The zero-order valence-electron chi connectivity index (χ0n) is 15.6. The predicted molar refractivity (Wildman–Crippen MR) is 108 cm³/mol. The van der Waals surface area contributed by atoms with Crippen LogP contribution in [0.4, 0.5) is 29.3 Å². The first-order valence-electron chi connectivity index (χ1n) is 8.57. The molecule has 0 aliphatic carbocycles. The predicted octanol–water partition coefficient (Wildman–Crippen LogP) is 4.16. The van der Waals surface area contributed by atoms with Gasteiger partial charge in [0, 0.05) is 16.9 Å². The van der Waals surface area contributed by atoms with Crippen LogP contribution in [0.1, 0.15) is 16.1 Å². The first-order valence-corrected chi connectivity index (χ1v) is 8.95. The van der Waals surface area contributed by atoms with Gasteiger partial charge in [-0.1, -0.05) is 23.7 Å². The lowest BCUT2D eigenvalue weighted by molar-refractivity contribution is -0.137. The number of aromatic carboxylic acids is 1. The Morgan fingerprint density at radius 1 is 1.06 bits per heavy atom. The van der Waals surface area contributed by atoms with E-state index in [1.54, 1.807) is 0 Å². The van der Waals surface area contributed by atoms with Crippen LogP contribution in [0.5, 0.6) is 5.75 Å². The molecule has 0 unspecified atom stereocenters. The Balaban J connectivity index is 1.82. The number of carboxylic acids is 1. The van der Waals surface area contributed by atoms with Crippen LogP contribution < -0.4 is 16.2 Å². The van der Waals surface area contributed by atoms with Crippen molar-refractivity contribution in [2.24, 2.45) is 0 Å². The van der Waals surface area contributed by atoms with Crippen LogP contribution in [-0.4, -0.2) is 32.2 Å². The van der Waals surface area contributed by atoms with E-state index in [2.05, 4.69) is 20.6 Å².